The molecule has 0 bridgehead atoms. The van der Waals surface area contributed by atoms with Crippen molar-refractivity contribution in [3.05, 3.63) is 118 Å². The van der Waals surface area contributed by atoms with Crippen molar-refractivity contribution in [2.24, 2.45) is 5.92 Å². The van der Waals surface area contributed by atoms with Crippen LogP contribution in [-0.2, 0) is 21.1 Å². The van der Waals surface area contributed by atoms with Gasteiger partial charge in [-0.2, -0.15) is 23.5 Å². The predicted octanol–water partition coefficient (Wildman–Crippen LogP) is 5.22. The van der Waals surface area contributed by atoms with E-state index in [4.69, 9.17) is 0 Å². The van der Waals surface area contributed by atoms with E-state index in [2.05, 4.69) is 21.8 Å². The molecule has 3 aromatic carbocycles. The number of rotatable bonds is 9. The zero-order valence-electron chi connectivity index (χ0n) is 32.2. The van der Waals surface area contributed by atoms with Gasteiger partial charge in [0, 0.05) is 12.6 Å². The standard InChI is InChI=1S/C34H37F3N8O3.C6H6O3S/c1-22-31(29-16-17-40-44(29)27-14-10-23(19-38)11-15-27)43(33(48)42(22)28-7-5-6-25(18-28)34(35,36)37)32(47)41-26-12-8-24(9-13-26)20-39-30(46)21-45(2,3)4;7-10(8,9)6-4-2-1-3-5-6/h5-7,10-11,14-18,24,26H,8-9,12-13,20-21H2,1-4H3,(H-,39,41,46,47);1-5H,(H,7,8,9)/t24-,26-;. The second-order valence-corrected chi connectivity index (χ2v) is 16.3. The van der Waals surface area contributed by atoms with Gasteiger partial charge < -0.3 is 19.7 Å². The number of imidazole rings is 1. The highest BCUT2D eigenvalue weighted by atomic mass is 32.2. The molecule has 1 aliphatic rings. The molecule has 5 aromatic rings. The lowest BCUT2D eigenvalue weighted by Gasteiger charge is -2.29. The highest BCUT2D eigenvalue weighted by Crippen LogP contribution is 2.32. The summed E-state index contributed by atoms with van der Waals surface area (Å²) in [4.78, 5) is 40.1. The van der Waals surface area contributed by atoms with Crippen molar-refractivity contribution in [1.29, 1.82) is 5.26 Å². The topological polar surface area (TPSA) is 184 Å². The first kappa shape index (κ1) is 43.1. The Labute approximate surface area is 333 Å². The van der Waals surface area contributed by atoms with Crippen LogP contribution in [0.15, 0.2) is 101 Å². The van der Waals surface area contributed by atoms with Crippen molar-refractivity contribution in [3.63, 3.8) is 0 Å². The molecule has 2 amide bonds. The van der Waals surface area contributed by atoms with Crippen molar-refractivity contribution >= 4 is 22.1 Å². The van der Waals surface area contributed by atoms with Crippen LogP contribution in [0.3, 0.4) is 0 Å². The van der Waals surface area contributed by atoms with E-state index in [9.17, 15) is 45.8 Å². The molecular weight excluding hydrogens is 778 g/mol. The molecule has 0 radical (unpaired) electrons. The van der Waals surface area contributed by atoms with Crippen LogP contribution in [0, 0.1) is 24.2 Å². The number of nitrogens with one attached hydrogen (secondary N) is 2. The maximum absolute atomic E-state index is 14.1. The molecule has 58 heavy (non-hydrogen) atoms. The molecule has 2 N–H and O–H groups in total. The molecule has 0 atom stereocenters. The van der Waals surface area contributed by atoms with Crippen LogP contribution in [0.4, 0.5) is 18.0 Å². The lowest BCUT2D eigenvalue weighted by Crippen LogP contribution is -2.46. The quantitative estimate of drug-likeness (QED) is 0.150. The average molecular weight is 821 g/mol. The molecule has 0 saturated heterocycles. The number of carbonyl (C=O) groups excluding carboxylic acids is 2. The first-order chi connectivity index (χ1) is 27.3. The van der Waals surface area contributed by atoms with E-state index in [1.807, 2.05) is 21.1 Å². The Hall–Kier alpha value is -6.03. The molecule has 1 aliphatic carbocycles. The summed E-state index contributed by atoms with van der Waals surface area (Å²) >= 11 is 0. The fourth-order valence-corrected chi connectivity index (χ4v) is 7.16. The molecular formula is C40H43F3N8O6S. The van der Waals surface area contributed by atoms with E-state index in [-0.39, 0.29) is 39.8 Å². The molecule has 306 valence electrons. The molecule has 14 nitrogen and oxygen atoms in total. The lowest BCUT2D eigenvalue weighted by atomic mass is 9.86. The Balaban J connectivity index is 0.000000559. The van der Waals surface area contributed by atoms with Gasteiger partial charge in [-0.3, -0.25) is 9.36 Å². The Morgan fingerprint density at radius 3 is 2.17 bits per heavy atom. The number of quaternary nitrogens is 1. The normalized spacial score (nSPS) is 15.8. The maximum atomic E-state index is 14.1. The maximum Gasteiger partial charge on any atom is 0.416 e. The summed E-state index contributed by atoms with van der Waals surface area (Å²) in [7, 11) is 1.58. The molecule has 0 spiro atoms. The summed E-state index contributed by atoms with van der Waals surface area (Å²) < 4.78 is 75.8. The Morgan fingerprint density at radius 2 is 1.60 bits per heavy atom. The first-order valence-electron chi connectivity index (χ1n) is 18.2. The third kappa shape index (κ3) is 10.7. The molecule has 0 unspecified atom stereocenters. The largest absolute Gasteiger partial charge is 0.744 e. The van der Waals surface area contributed by atoms with Gasteiger partial charge in [0.15, 0.2) is 6.54 Å². The molecule has 1 saturated carbocycles. The minimum atomic E-state index is -4.64. The first-order valence-corrected chi connectivity index (χ1v) is 19.6. The number of likely N-dealkylation sites (N-methyl/N-ethyl adjacent to an activating group) is 1. The van der Waals surface area contributed by atoms with Gasteiger partial charge in [-0.25, -0.2) is 27.3 Å². The minimum absolute atomic E-state index is 0.0225. The smallest absolute Gasteiger partial charge is 0.416 e. The van der Waals surface area contributed by atoms with Crippen molar-refractivity contribution in [2.45, 2.75) is 49.7 Å². The van der Waals surface area contributed by atoms with E-state index >= 15 is 0 Å². The van der Waals surface area contributed by atoms with Crippen LogP contribution < -0.4 is 16.3 Å². The third-order valence-electron chi connectivity index (χ3n) is 9.46. The fraction of sp³-hybridized carbons (Fsp3) is 0.325. The Kier molecular flexibility index (Phi) is 13.1. The van der Waals surface area contributed by atoms with Crippen LogP contribution >= 0.6 is 0 Å². The molecule has 18 heteroatoms. The number of hydrogen-bond acceptors (Lipinski definition) is 8. The second kappa shape index (κ2) is 17.6. The number of alkyl halides is 3. The van der Waals surface area contributed by atoms with Crippen LogP contribution in [0.5, 0.6) is 0 Å². The number of hydrogen-bond donors (Lipinski definition) is 2. The lowest BCUT2D eigenvalue weighted by molar-refractivity contribution is -0.862. The summed E-state index contributed by atoms with van der Waals surface area (Å²) in [5.41, 5.74) is -0.0912. The number of halogens is 3. The SMILES string of the molecule is Cc1c(-c2ccnn2-c2ccc(C#N)cc2)n(C(=O)N[C@H]2CC[C@H](CNC(=O)C[N+](C)(C)C)CC2)c(=O)n1-c1cccc(C(F)(F)F)c1.O=S(=O)([O-])c1ccccc1. The zero-order valence-corrected chi connectivity index (χ0v) is 33.0. The number of carbonyl (C=O) groups is 2. The Morgan fingerprint density at radius 1 is 0.948 bits per heavy atom. The average Bonchev–Trinajstić information content (AvgIpc) is 3.75. The van der Waals surface area contributed by atoms with Crippen LogP contribution in [0.1, 0.15) is 42.5 Å². The highest BCUT2D eigenvalue weighted by molar-refractivity contribution is 7.85. The van der Waals surface area contributed by atoms with E-state index in [1.165, 1.54) is 47.3 Å². The van der Waals surface area contributed by atoms with Crippen LogP contribution in [0.2, 0.25) is 0 Å². The van der Waals surface area contributed by atoms with Crippen LogP contribution in [-0.4, -0.2) is 88.6 Å². The van der Waals surface area contributed by atoms with Gasteiger partial charge in [0.2, 0.25) is 0 Å². The number of amides is 2. The Bertz CT molecular complexity index is 2460. The predicted molar refractivity (Wildman–Crippen MR) is 207 cm³/mol. The summed E-state index contributed by atoms with van der Waals surface area (Å²) in [5.74, 6) is 0.226. The van der Waals surface area contributed by atoms with E-state index in [1.54, 1.807) is 43.3 Å². The van der Waals surface area contributed by atoms with Gasteiger partial charge in [0.25, 0.3) is 5.91 Å². The van der Waals surface area contributed by atoms with Gasteiger partial charge in [0.05, 0.1) is 72.2 Å². The summed E-state index contributed by atoms with van der Waals surface area (Å²) in [6.07, 6.45) is -0.385. The molecule has 0 aliphatic heterocycles. The van der Waals surface area contributed by atoms with Crippen molar-refractivity contribution < 1.29 is 40.2 Å². The van der Waals surface area contributed by atoms with E-state index in [0.29, 0.717) is 47.4 Å². The summed E-state index contributed by atoms with van der Waals surface area (Å²) in [6.45, 7) is 2.47. The van der Waals surface area contributed by atoms with Gasteiger partial charge in [0.1, 0.15) is 15.8 Å². The number of benzene rings is 3. The van der Waals surface area contributed by atoms with E-state index < -0.39 is 33.6 Å². The number of aromatic nitrogens is 4. The minimum Gasteiger partial charge on any atom is -0.744 e. The fourth-order valence-electron chi connectivity index (χ4n) is 6.67. The van der Waals surface area contributed by atoms with Crippen molar-refractivity contribution in [1.82, 2.24) is 29.5 Å². The van der Waals surface area contributed by atoms with Crippen molar-refractivity contribution in [2.75, 3.05) is 34.2 Å². The van der Waals surface area contributed by atoms with Crippen molar-refractivity contribution in [3.8, 4) is 28.8 Å². The number of nitriles is 1. The molecule has 6 rings (SSSR count). The molecule has 1 fully saturated rings. The van der Waals surface area contributed by atoms with Gasteiger partial charge in [-0.15, -0.1) is 0 Å². The molecule has 2 aromatic heterocycles. The summed E-state index contributed by atoms with van der Waals surface area (Å²) in [5, 5.41) is 19.6. The van der Waals surface area contributed by atoms with Gasteiger partial charge in [-0.1, -0.05) is 24.3 Å². The van der Waals surface area contributed by atoms with Gasteiger partial charge in [-0.05, 0) is 99.2 Å². The monoisotopic (exact) mass is 820 g/mol. The third-order valence-corrected chi connectivity index (χ3v) is 10.3. The van der Waals surface area contributed by atoms with Gasteiger partial charge >= 0.3 is 17.9 Å². The molecule has 2 heterocycles. The summed E-state index contributed by atoms with van der Waals surface area (Å²) in [6, 6.07) is 20.8. The zero-order chi connectivity index (χ0) is 42.4. The number of nitrogens with zero attached hydrogens (tertiary/aromatic N) is 6. The second-order valence-electron chi connectivity index (χ2n) is 14.9. The highest BCUT2D eigenvalue weighted by Gasteiger charge is 2.33. The van der Waals surface area contributed by atoms with Crippen LogP contribution in [0.25, 0.3) is 22.8 Å². The van der Waals surface area contributed by atoms with E-state index in [0.717, 1.165) is 34.1 Å².